The van der Waals surface area contributed by atoms with Crippen LogP contribution in [-0.2, 0) is 14.0 Å². The number of aldehydes is 1. The molecule has 0 spiro atoms. The van der Waals surface area contributed by atoms with Crippen molar-refractivity contribution in [3.8, 4) is 0 Å². The van der Waals surface area contributed by atoms with Crippen molar-refractivity contribution in [3.63, 3.8) is 0 Å². The third-order valence-electron chi connectivity index (χ3n) is 4.62. The molecule has 21 heavy (non-hydrogen) atoms. The van der Waals surface area contributed by atoms with Crippen LogP contribution in [0, 0.1) is 16.7 Å². The summed E-state index contributed by atoms with van der Waals surface area (Å²) in [5.41, 5.74) is -1.82. The minimum atomic E-state index is -1.25. The Morgan fingerprint density at radius 3 is 2.43 bits per heavy atom. The third kappa shape index (κ3) is 2.79. The number of hydrogen-bond donors (Lipinski definition) is 0. The van der Waals surface area contributed by atoms with Gasteiger partial charge >= 0.3 is 6.09 Å². The van der Waals surface area contributed by atoms with E-state index in [0.717, 1.165) is 6.29 Å². The molecule has 1 heterocycles. The van der Waals surface area contributed by atoms with E-state index in [9.17, 15) is 9.59 Å². The molecule has 0 saturated carbocycles. The zero-order chi connectivity index (χ0) is 16.5. The lowest BCUT2D eigenvalue weighted by molar-refractivity contribution is -0.150. The molecule has 0 aliphatic carbocycles. The molecule has 1 amide bonds. The van der Waals surface area contributed by atoms with Crippen LogP contribution in [0.5, 0.6) is 0 Å². The number of rotatable bonds is 4. The highest BCUT2D eigenvalue weighted by Crippen LogP contribution is 2.54. The van der Waals surface area contributed by atoms with Crippen LogP contribution in [0.15, 0.2) is 12.7 Å². The smallest absolute Gasteiger partial charge is 0.412 e. The Bertz CT molecular complexity index is 430. The Morgan fingerprint density at radius 2 is 2.05 bits per heavy atom. The molecule has 1 rings (SSSR count). The second-order valence-electron chi connectivity index (χ2n) is 7.13. The number of nitrogens with zero attached hydrogens (tertiary/aromatic N) is 1. The first-order valence-corrected chi connectivity index (χ1v) is 7.97. The highest BCUT2D eigenvalue weighted by Gasteiger charge is 2.64. The second kappa shape index (κ2) is 5.92. The van der Waals surface area contributed by atoms with E-state index >= 15 is 0 Å². The summed E-state index contributed by atoms with van der Waals surface area (Å²) in [5.74, 6) is 0.112. The number of carbonyl (C=O) groups is 2. The van der Waals surface area contributed by atoms with Crippen LogP contribution in [0.4, 0.5) is 4.79 Å². The van der Waals surface area contributed by atoms with Crippen molar-refractivity contribution < 1.29 is 18.8 Å². The van der Waals surface area contributed by atoms with Gasteiger partial charge in [-0.25, -0.2) is 4.79 Å². The van der Waals surface area contributed by atoms with Crippen molar-refractivity contribution >= 4 is 22.9 Å². The van der Waals surface area contributed by atoms with Gasteiger partial charge in [0.2, 0.25) is 0 Å². The van der Waals surface area contributed by atoms with Crippen LogP contribution in [0.1, 0.15) is 34.6 Å². The van der Waals surface area contributed by atoms with Gasteiger partial charge in [-0.15, -0.1) is 0 Å². The molecule has 0 aromatic carbocycles. The van der Waals surface area contributed by atoms with E-state index < -0.39 is 17.2 Å². The van der Waals surface area contributed by atoms with Gasteiger partial charge in [-0.3, -0.25) is 9.69 Å². The van der Waals surface area contributed by atoms with Crippen LogP contribution in [0.3, 0.4) is 0 Å². The first-order chi connectivity index (χ1) is 9.58. The summed E-state index contributed by atoms with van der Waals surface area (Å²) in [7, 11) is 0.352. The van der Waals surface area contributed by atoms with Crippen LogP contribution in [0.2, 0.25) is 0 Å². The number of ether oxygens (including phenoxy) is 1. The van der Waals surface area contributed by atoms with Crippen molar-refractivity contribution in [1.29, 1.82) is 0 Å². The van der Waals surface area contributed by atoms with E-state index in [2.05, 4.69) is 27.4 Å². The molecule has 0 bridgehead atoms. The van der Waals surface area contributed by atoms with E-state index in [-0.39, 0.29) is 17.9 Å². The van der Waals surface area contributed by atoms with Gasteiger partial charge in [-0.1, -0.05) is 47.3 Å². The SMILES string of the molecule is C=CCOC(=O)N1C[C@H](C(C)(C)C)C(C)(C)[C@@]1(C=O)O[SiH3]. The molecule has 5 nitrogen and oxygen atoms in total. The van der Waals surface area contributed by atoms with Gasteiger partial charge in [-0.2, -0.15) is 0 Å². The van der Waals surface area contributed by atoms with Gasteiger partial charge in [-0.05, 0) is 11.3 Å². The summed E-state index contributed by atoms with van der Waals surface area (Å²) in [6.45, 7) is 14.4. The van der Waals surface area contributed by atoms with E-state index in [0.29, 0.717) is 17.0 Å². The quantitative estimate of drug-likeness (QED) is 0.448. The average molecular weight is 313 g/mol. The maximum Gasteiger partial charge on any atom is 0.412 e. The molecule has 1 saturated heterocycles. The van der Waals surface area contributed by atoms with Crippen LogP contribution >= 0.6 is 0 Å². The Balaban J connectivity index is 3.27. The monoisotopic (exact) mass is 313 g/mol. The maximum atomic E-state index is 12.3. The summed E-state index contributed by atoms with van der Waals surface area (Å²) >= 11 is 0. The Kier molecular flexibility index (Phi) is 5.05. The predicted octanol–water partition coefficient (Wildman–Crippen LogP) is 1.51. The van der Waals surface area contributed by atoms with E-state index in [1.165, 1.54) is 11.0 Å². The lowest BCUT2D eigenvalue weighted by Gasteiger charge is -2.44. The molecule has 0 radical (unpaired) electrons. The highest BCUT2D eigenvalue weighted by molar-refractivity contribution is 6.00. The maximum absolute atomic E-state index is 12.3. The van der Waals surface area contributed by atoms with E-state index in [1.807, 2.05) is 13.8 Å². The van der Waals surface area contributed by atoms with Crippen LogP contribution in [-0.4, -0.2) is 46.6 Å². The van der Waals surface area contributed by atoms with Crippen LogP contribution in [0.25, 0.3) is 0 Å². The van der Waals surface area contributed by atoms with Gasteiger partial charge in [0.25, 0.3) is 0 Å². The van der Waals surface area contributed by atoms with Crippen molar-refractivity contribution in [2.45, 2.75) is 40.3 Å². The molecule has 0 aromatic heterocycles. The summed E-state index contributed by atoms with van der Waals surface area (Å²) in [4.78, 5) is 25.6. The molecule has 0 N–H and O–H groups in total. The first kappa shape index (κ1) is 17.9. The van der Waals surface area contributed by atoms with Crippen molar-refractivity contribution in [3.05, 3.63) is 12.7 Å². The molecular weight excluding hydrogens is 286 g/mol. The number of carbonyl (C=O) groups excluding carboxylic acids is 2. The minimum Gasteiger partial charge on any atom is -0.445 e. The van der Waals surface area contributed by atoms with Gasteiger partial charge in [0.05, 0.1) is 0 Å². The summed E-state index contributed by atoms with van der Waals surface area (Å²) in [5, 5.41) is 0. The lowest BCUT2D eigenvalue weighted by atomic mass is 9.64. The Labute approximate surface area is 130 Å². The van der Waals surface area contributed by atoms with Gasteiger partial charge in [0.15, 0.2) is 12.0 Å². The molecule has 0 unspecified atom stereocenters. The fraction of sp³-hybridized carbons (Fsp3) is 0.733. The summed E-state index contributed by atoms with van der Waals surface area (Å²) in [6.07, 6.45) is 1.73. The standard InChI is InChI=1S/C15H27NO4Si/c1-7-8-19-12(18)16-9-11(13(2,3)4)14(5,6)15(16,10-17)20-21/h7,10-11H,1,8-9H2,2-6,21H3/t11-,15-/m1/s1. The predicted molar refractivity (Wildman–Crippen MR) is 84.8 cm³/mol. The van der Waals surface area contributed by atoms with Gasteiger partial charge in [0.1, 0.15) is 17.1 Å². The molecule has 120 valence electrons. The number of hydrogen-bond acceptors (Lipinski definition) is 4. The Morgan fingerprint density at radius 1 is 1.48 bits per heavy atom. The largest absolute Gasteiger partial charge is 0.445 e. The second-order valence-corrected chi connectivity index (χ2v) is 7.54. The molecule has 1 aliphatic heterocycles. The van der Waals surface area contributed by atoms with Crippen molar-refractivity contribution in [2.75, 3.05) is 13.2 Å². The molecule has 6 heteroatoms. The van der Waals surface area contributed by atoms with Gasteiger partial charge < -0.3 is 9.16 Å². The fourth-order valence-electron chi connectivity index (χ4n) is 3.56. The topological polar surface area (TPSA) is 55.8 Å². The van der Waals surface area contributed by atoms with E-state index in [1.54, 1.807) is 0 Å². The summed E-state index contributed by atoms with van der Waals surface area (Å²) in [6, 6.07) is 0. The lowest BCUT2D eigenvalue weighted by Crippen LogP contribution is -2.58. The molecule has 1 aliphatic rings. The van der Waals surface area contributed by atoms with E-state index in [4.69, 9.17) is 9.16 Å². The van der Waals surface area contributed by atoms with Crippen molar-refractivity contribution in [1.82, 2.24) is 4.90 Å². The fourth-order valence-corrected chi connectivity index (χ4v) is 4.40. The zero-order valence-corrected chi connectivity index (χ0v) is 15.9. The molecular formula is C15H27NO4Si. The average Bonchev–Trinajstić information content (AvgIpc) is 2.63. The molecule has 1 fully saturated rings. The third-order valence-corrected chi connectivity index (χ3v) is 5.24. The highest BCUT2D eigenvalue weighted by atomic mass is 28.2. The number of amides is 1. The van der Waals surface area contributed by atoms with Crippen molar-refractivity contribution in [2.24, 2.45) is 16.7 Å². The normalized spacial score (nSPS) is 28.4. The molecule has 2 atom stereocenters. The molecule has 0 aromatic rings. The number of likely N-dealkylation sites (tertiary alicyclic amines) is 1. The van der Waals surface area contributed by atoms with Crippen LogP contribution < -0.4 is 0 Å². The van der Waals surface area contributed by atoms with Gasteiger partial charge in [0, 0.05) is 12.0 Å². The minimum absolute atomic E-state index is 0.0642. The zero-order valence-electron chi connectivity index (χ0n) is 13.9. The summed E-state index contributed by atoms with van der Waals surface area (Å²) < 4.78 is 10.8. The first-order valence-electron chi connectivity index (χ1n) is 7.15. The Hall–Kier alpha value is -1.14.